The standard InChI is InChI=1S/C13H25N3O2/c1-10(8-11(2)17)13-12(18-5)9-14-16(13)7-6-15(3)4/h9-11,17H,6-8H2,1-5H3. The van der Waals surface area contributed by atoms with Gasteiger partial charge in [-0.1, -0.05) is 6.92 Å². The fourth-order valence-electron chi connectivity index (χ4n) is 2.13. The average Bonchev–Trinajstić information content (AvgIpc) is 2.68. The Morgan fingerprint density at radius 1 is 1.44 bits per heavy atom. The molecule has 0 radical (unpaired) electrons. The summed E-state index contributed by atoms with van der Waals surface area (Å²) in [5.74, 6) is 1.03. The van der Waals surface area contributed by atoms with Gasteiger partial charge in [-0.15, -0.1) is 0 Å². The number of aliphatic hydroxyl groups is 1. The molecule has 0 fully saturated rings. The second kappa shape index (κ2) is 6.75. The Kier molecular flexibility index (Phi) is 5.62. The molecular formula is C13H25N3O2. The molecule has 1 rings (SSSR count). The summed E-state index contributed by atoms with van der Waals surface area (Å²) in [6, 6.07) is 0. The first-order valence-corrected chi connectivity index (χ1v) is 6.38. The van der Waals surface area contributed by atoms with Crippen molar-refractivity contribution in [3.05, 3.63) is 11.9 Å². The van der Waals surface area contributed by atoms with E-state index in [2.05, 4.69) is 16.9 Å². The molecule has 1 aromatic rings. The average molecular weight is 255 g/mol. The van der Waals surface area contributed by atoms with E-state index < -0.39 is 0 Å². The van der Waals surface area contributed by atoms with Gasteiger partial charge in [-0.05, 0) is 27.4 Å². The lowest BCUT2D eigenvalue weighted by molar-refractivity contribution is 0.174. The van der Waals surface area contributed by atoms with Crippen LogP contribution in [0.4, 0.5) is 0 Å². The van der Waals surface area contributed by atoms with E-state index in [1.165, 1.54) is 0 Å². The normalized spacial score (nSPS) is 14.8. The first-order chi connectivity index (χ1) is 8.45. The Morgan fingerprint density at radius 2 is 2.11 bits per heavy atom. The van der Waals surface area contributed by atoms with E-state index in [0.29, 0.717) is 6.42 Å². The molecule has 5 heteroatoms. The number of likely N-dealkylation sites (N-methyl/N-ethyl adjacent to an activating group) is 1. The summed E-state index contributed by atoms with van der Waals surface area (Å²) in [5.41, 5.74) is 1.07. The summed E-state index contributed by atoms with van der Waals surface area (Å²) in [4.78, 5) is 2.12. The SMILES string of the molecule is COc1cnn(CCN(C)C)c1C(C)CC(C)O. The maximum Gasteiger partial charge on any atom is 0.160 e. The van der Waals surface area contributed by atoms with Gasteiger partial charge in [0.1, 0.15) is 0 Å². The summed E-state index contributed by atoms with van der Waals surface area (Å²) in [7, 11) is 5.74. The Bertz CT molecular complexity index is 361. The van der Waals surface area contributed by atoms with Crippen molar-refractivity contribution in [2.24, 2.45) is 0 Å². The number of hydrogen-bond acceptors (Lipinski definition) is 4. The fourth-order valence-corrected chi connectivity index (χ4v) is 2.13. The number of hydrogen-bond donors (Lipinski definition) is 1. The van der Waals surface area contributed by atoms with Gasteiger partial charge in [-0.3, -0.25) is 4.68 Å². The van der Waals surface area contributed by atoms with Crippen molar-refractivity contribution in [3.8, 4) is 5.75 Å². The van der Waals surface area contributed by atoms with Gasteiger partial charge in [-0.25, -0.2) is 0 Å². The minimum atomic E-state index is -0.318. The van der Waals surface area contributed by atoms with Crippen LogP contribution in [0.1, 0.15) is 31.9 Å². The van der Waals surface area contributed by atoms with Crippen molar-refractivity contribution in [3.63, 3.8) is 0 Å². The maximum absolute atomic E-state index is 9.52. The van der Waals surface area contributed by atoms with Crippen LogP contribution in [-0.4, -0.2) is 53.6 Å². The van der Waals surface area contributed by atoms with Crippen molar-refractivity contribution < 1.29 is 9.84 Å². The molecule has 0 aliphatic carbocycles. The van der Waals surface area contributed by atoms with E-state index in [1.807, 2.05) is 25.7 Å². The van der Waals surface area contributed by atoms with Gasteiger partial charge in [0.2, 0.25) is 0 Å². The molecular weight excluding hydrogens is 230 g/mol. The van der Waals surface area contributed by atoms with Gasteiger partial charge in [0.25, 0.3) is 0 Å². The molecule has 2 atom stereocenters. The van der Waals surface area contributed by atoms with Crippen molar-refractivity contribution >= 4 is 0 Å². The minimum absolute atomic E-state index is 0.226. The molecule has 0 amide bonds. The van der Waals surface area contributed by atoms with Crippen LogP contribution in [0.25, 0.3) is 0 Å². The molecule has 104 valence electrons. The van der Waals surface area contributed by atoms with E-state index in [4.69, 9.17) is 4.74 Å². The molecule has 0 saturated carbocycles. The fraction of sp³-hybridized carbons (Fsp3) is 0.769. The molecule has 5 nitrogen and oxygen atoms in total. The van der Waals surface area contributed by atoms with E-state index in [-0.39, 0.29) is 12.0 Å². The predicted molar refractivity (Wildman–Crippen MR) is 72.0 cm³/mol. The first-order valence-electron chi connectivity index (χ1n) is 6.38. The van der Waals surface area contributed by atoms with E-state index in [1.54, 1.807) is 13.3 Å². The summed E-state index contributed by atoms with van der Waals surface area (Å²) < 4.78 is 7.33. The van der Waals surface area contributed by atoms with E-state index >= 15 is 0 Å². The van der Waals surface area contributed by atoms with Gasteiger partial charge in [0, 0.05) is 12.5 Å². The molecule has 0 saturated heterocycles. The summed E-state index contributed by atoms with van der Waals surface area (Å²) in [6.07, 6.45) is 2.15. The highest BCUT2D eigenvalue weighted by atomic mass is 16.5. The molecule has 1 heterocycles. The molecule has 0 aromatic carbocycles. The van der Waals surface area contributed by atoms with Gasteiger partial charge in [0.15, 0.2) is 5.75 Å². The smallest absolute Gasteiger partial charge is 0.160 e. The number of rotatable bonds is 7. The van der Waals surface area contributed by atoms with Crippen molar-refractivity contribution in [2.45, 2.75) is 38.8 Å². The highest BCUT2D eigenvalue weighted by Gasteiger charge is 2.19. The summed E-state index contributed by atoms with van der Waals surface area (Å²) in [6.45, 7) is 5.66. The summed E-state index contributed by atoms with van der Waals surface area (Å²) >= 11 is 0. The van der Waals surface area contributed by atoms with Crippen LogP contribution in [0.5, 0.6) is 5.75 Å². The maximum atomic E-state index is 9.52. The molecule has 0 spiro atoms. The number of aliphatic hydroxyl groups excluding tert-OH is 1. The van der Waals surface area contributed by atoms with Crippen LogP contribution >= 0.6 is 0 Å². The first kappa shape index (κ1) is 15.0. The zero-order chi connectivity index (χ0) is 13.7. The van der Waals surface area contributed by atoms with Crippen LogP contribution in [-0.2, 0) is 6.54 Å². The van der Waals surface area contributed by atoms with Crippen molar-refractivity contribution in [2.75, 3.05) is 27.7 Å². The Labute approximate surface area is 109 Å². The zero-order valence-electron chi connectivity index (χ0n) is 12.1. The van der Waals surface area contributed by atoms with Gasteiger partial charge in [-0.2, -0.15) is 5.10 Å². The molecule has 1 aromatic heterocycles. The highest BCUT2D eigenvalue weighted by Crippen LogP contribution is 2.29. The van der Waals surface area contributed by atoms with E-state index in [9.17, 15) is 5.11 Å². The zero-order valence-corrected chi connectivity index (χ0v) is 12.1. The molecule has 0 aliphatic heterocycles. The molecule has 1 N–H and O–H groups in total. The Hall–Kier alpha value is -1.07. The monoisotopic (exact) mass is 255 g/mol. The third-order valence-electron chi connectivity index (χ3n) is 2.99. The van der Waals surface area contributed by atoms with Crippen molar-refractivity contribution in [1.82, 2.24) is 14.7 Å². The lowest BCUT2D eigenvalue weighted by atomic mass is 10.00. The van der Waals surface area contributed by atoms with Gasteiger partial charge < -0.3 is 14.7 Å². The van der Waals surface area contributed by atoms with Gasteiger partial charge in [0.05, 0.1) is 31.6 Å². The second-order valence-electron chi connectivity index (χ2n) is 5.11. The molecule has 2 unspecified atom stereocenters. The molecule has 0 bridgehead atoms. The number of nitrogens with zero attached hydrogens (tertiary/aromatic N) is 3. The summed E-state index contributed by atoms with van der Waals surface area (Å²) in [5, 5.41) is 13.9. The lowest BCUT2D eigenvalue weighted by Crippen LogP contribution is -2.21. The number of aromatic nitrogens is 2. The topological polar surface area (TPSA) is 50.5 Å². The molecule has 0 aliphatic rings. The largest absolute Gasteiger partial charge is 0.493 e. The quantitative estimate of drug-likeness (QED) is 0.798. The second-order valence-corrected chi connectivity index (χ2v) is 5.11. The lowest BCUT2D eigenvalue weighted by Gasteiger charge is -2.18. The number of ether oxygens (including phenoxy) is 1. The van der Waals surface area contributed by atoms with Crippen LogP contribution in [0.2, 0.25) is 0 Å². The third kappa shape index (κ3) is 3.99. The van der Waals surface area contributed by atoms with Crippen LogP contribution in [0.15, 0.2) is 6.20 Å². The molecule has 18 heavy (non-hydrogen) atoms. The number of methoxy groups -OCH3 is 1. The predicted octanol–water partition coefficient (Wildman–Crippen LogP) is 1.33. The van der Waals surface area contributed by atoms with Crippen molar-refractivity contribution in [1.29, 1.82) is 0 Å². The minimum Gasteiger partial charge on any atom is -0.493 e. The van der Waals surface area contributed by atoms with Gasteiger partial charge >= 0.3 is 0 Å². The third-order valence-corrected chi connectivity index (χ3v) is 2.99. The van der Waals surface area contributed by atoms with Crippen LogP contribution < -0.4 is 4.74 Å². The van der Waals surface area contributed by atoms with Crippen LogP contribution in [0.3, 0.4) is 0 Å². The highest BCUT2D eigenvalue weighted by molar-refractivity contribution is 5.28. The van der Waals surface area contributed by atoms with Crippen LogP contribution in [0, 0.1) is 0 Å². The Balaban J connectivity index is 2.87. The Morgan fingerprint density at radius 3 is 2.61 bits per heavy atom. The van der Waals surface area contributed by atoms with E-state index in [0.717, 1.165) is 24.5 Å².